The van der Waals surface area contributed by atoms with Crippen LogP contribution in [0.25, 0.3) is 16.7 Å². The van der Waals surface area contributed by atoms with Crippen LogP contribution in [0.5, 0.6) is 0 Å². The lowest BCUT2D eigenvalue weighted by Crippen LogP contribution is -2.14. The van der Waals surface area contributed by atoms with Crippen LogP contribution in [0.1, 0.15) is 0 Å². The quantitative estimate of drug-likeness (QED) is 0.721. The number of H-pyrrole nitrogens is 1. The molecular formula is C13H7F3N2O. The minimum Gasteiger partial charge on any atom is -0.305 e. The first-order valence-corrected chi connectivity index (χ1v) is 5.42. The fourth-order valence-corrected chi connectivity index (χ4v) is 1.96. The van der Waals surface area contributed by atoms with Crippen molar-refractivity contribution in [2.45, 2.75) is 0 Å². The Morgan fingerprint density at radius 3 is 2.47 bits per heavy atom. The first-order chi connectivity index (χ1) is 9.06. The highest BCUT2D eigenvalue weighted by Crippen LogP contribution is 2.18. The van der Waals surface area contributed by atoms with E-state index in [0.717, 1.165) is 22.8 Å². The summed E-state index contributed by atoms with van der Waals surface area (Å²) in [6, 6.07) is 6.85. The minimum atomic E-state index is -1.05. The zero-order valence-corrected chi connectivity index (χ0v) is 9.45. The van der Waals surface area contributed by atoms with E-state index in [-0.39, 0.29) is 11.2 Å². The summed E-state index contributed by atoms with van der Waals surface area (Å²) in [4.78, 5) is 14.3. The van der Waals surface area contributed by atoms with Crippen LogP contribution >= 0.6 is 0 Å². The molecule has 96 valence electrons. The molecule has 0 aliphatic carbocycles. The molecule has 1 aromatic heterocycles. The summed E-state index contributed by atoms with van der Waals surface area (Å²) in [5, 5.41) is 0. The highest BCUT2D eigenvalue weighted by atomic mass is 19.2. The zero-order chi connectivity index (χ0) is 13.6. The SMILES string of the molecule is O=c1[nH]c2cc(F)ccc2n1-c1ccc(F)c(F)c1. The van der Waals surface area contributed by atoms with Gasteiger partial charge in [0.05, 0.1) is 16.7 Å². The second-order valence-electron chi connectivity index (χ2n) is 4.03. The lowest BCUT2D eigenvalue weighted by atomic mass is 10.2. The lowest BCUT2D eigenvalue weighted by molar-refractivity contribution is 0.508. The second kappa shape index (κ2) is 4.01. The third-order valence-corrected chi connectivity index (χ3v) is 2.81. The number of nitrogens with zero attached hydrogens (tertiary/aromatic N) is 1. The van der Waals surface area contributed by atoms with Gasteiger partial charge >= 0.3 is 5.69 Å². The molecule has 0 saturated heterocycles. The fraction of sp³-hybridized carbons (Fsp3) is 0. The summed E-state index contributed by atoms with van der Waals surface area (Å²) in [6.45, 7) is 0. The first kappa shape index (κ1) is 11.6. The Hall–Kier alpha value is -2.50. The predicted octanol–water partition coefficient (Wildman–Crippen LogP) is 2.74. The number of nitrogens with one attached hydrogen (secondary N) is 1. The number of aromatic nitrogens is 2. The molecule has 19 heavy (non-hydrogen) atoms. The van der Waals surface area contributed by atoms with Crippen LogP contribution in [0, 0.1) is 17.5 Å². The van der Waals surface area contributed by atoms with Crippen molar-refractivity contribution in [3.05, 3.63) is 64.3 Å². The number of rotatable bonds is 1. The van der Waals surface area contributed by atoms with Gasteiger partial charge in [-0.2, -0.15) is 0 Å². The van der Waals surface area contributed by atoms with Crippen molar-refractivity contribution in [1.82, 2.24) is 9.55 Å². The monoisotopic (exact) mass is 264 g/mol. The van der Waals surface area contributed by atoms with Gasteiger partial charge < -0.3 is 4.98 Å². The fourth-order valence-electron chi connectivity index (χ4n) is 1.96. The minimum absolute atomic E-state index is 0.168. The number of fused-ring (bicyclic) bond motifs is 1. The molecule has 0 aliphatic heterocycles. The third-order valence-electron chi connectivity index (χ3n) is 2.81. The molecule has 0 atom stereocenters. The molecule has 3 rings (SSSR count). The Balaban J connectivity index is 2.32. The molecule has 0 aliphatic rings. The van der Waals surface area contributed by atoms with E-state index in [1.165, 1.54) is 18.2 Å². The van der Waals surface area contributed by atoms with Crippen molar-refractivity contribution < 1.29 is 13.2 Å². The van der Waals surface area contributed by atoms with E-state index in [4.69, 9.17) is 0 Å². The molecule has 0 unspecified atom stereocenters. The molecule has 3 aromatic rings. The number of benzene rings is 2. The highest BCUT2D eigenvalue weighted by molar-refractivity contribution is 5.77. The Kier molecular flexibility index (Phi) is 2.45. The smallest absolute Gasteiger partial charge is 0.305 e. The highest BCUT2D eigenvalue weighted by Gasteiger charge is 2.11. The summed E-state index contributed by atoms with van der Waals surface area (Å²) < 4.78 is 40.3. The molecule has 0 radical (unpaired) electrons. The molecule has 1 heterocycles. The largest absolute Gasteiger partial charge is 0.331 e. The van der Waals surface area contributed by atoms with Crippen LogP contribution in [-0.2, 0) is 0 Å². The molecule has 0 saturated carbocycles. The summed E-state index contributed by atoms with van der Waals surface area (Å²) in [5.74, 6) is -2.55. The Labute approximate surface area is 104 Å². The Bertz CT molecular complexity index is 836. The summed E-state index contributed by atoms with van der Waals surface area (Å²) in [6.07, 6.45) is 0. The van der Waals surface area contributed by atoms with Crippen molar-refractivity contribution >= 4 is 11.0 Å². The Morgan fingerprint density at radius 2 is 1.74 bits per heavy atom. The van der Waals surface area contributed by atoms with E-state index in [1.54, 1.807) is 0 Å². The van der Waals surface area contributed by atoms with Gasteiger partial charge in [-0.1, -0.05) is 0 Å². The number of imidazole rings is 1. The van der Waals surface area contributed by atoms with E-state index in [0.29, 0.717) is 5.52 Å². The van der Waals surface area contributed by atoms with Crippen molar-refractivity contribution in [3.63, 3.8) is 0 Å². The van der Waals surface area contributed by atoms with E-state index >= 15 is 0 Å². The van der Waals surface area contributed by atoms with Gasteiger partial charge in [0.2, 0.25) is 0 Å². The van der Waals surface area contributed by atoms with Crippen LogP contribution in [-0.4, -0.2) is 9.55 Å². The van der Waals surface area contributed by atoms with E-state index in [9.17, 15) is 18.0 Å². The maximum absolute atomic E-state index is 13.2. The van der Waals surface area contributed by atoms with Crippen LogP contribution < -0.4 is 5.69 Å². The van der Waals surface area contributed by atoms with Crippen molar-refractivity contribution in [1.29, 1.82) is 0 Å². The van der Waals surface area contributed by atoms with Gasteiger partial charge in [0.1, 0.15) is 5.82 Å². The van der Waals surface area contributed by atoms with Crippen molar-refractivity contribution in [2.75, 3.05) is 0 Å². The maximum Gasteiger partial charge on any atom is 0.331 e. The Morgan fingerprint density at radius 1 is 0.947 bits per heavy atom. The van der Waals surface area contributed by atoms with E-state index < -0.39 is 23.1 Å². The number of hydrogen-bond donors (Lipinski definition) is 1. The molecule has 2 aromatic carbocycles. The van der Waals surface area contributed by atoms with Gasteiger partial charge in [-0.25, -0.2) is 18.0 Å². The van der Waals surface area contributed by atoms with Crippen LogP contribution in [0.3, 0.4) is 0 Å². The van der Waals surface area contributed by atoms with Gasteiger partial charge in [-0.15, -0.1) is 0 Å². The average Bonchev–Trinajstić information content (AvgIpc) is 2.68. The molecule has 0 bridgehead atoms. The van der Waals surface area contributed by atoms with E-state index in [1.807, 2.05) is 0 Å². The van der Waals surface area contributed by atoms with Gasteiger partial charge in [-0.05, 0) is 30.3 Å². The molecule has 3 nitrogen and oxygen atoms in total. The summed E-state index contributed by atoms with van der Waals surface area (Å²) >= 11 is 0. The number of halogens is 3. The molecule has 1 N–H and O–H groups in total. The van der Waals surface area contributed by atoms with E-state index in [2.05, 4.69) is 4.98 Å². The maximum atomic E-state index is 13.2. The standard InChI is InChI=1S/C13H7F3N2O/c14-7-1-4-12-11(5-7)17-13(19)18(12)8-2-3-9(15)10(16)6-8/h1-6H,(H,17,19). The number of hydrogen-bond acceptors (Lipinski definition) is 1. The zero-order valence-electron chi connectivity index (χ0n) is 9.45. The van der Waals surface area contributed by atoms with Crippen molar-refractivity contribution in [3.8, 4) is 5.69 Å². The van der Waals surface area contributed by atoms with Gasteiger partial charge in [0.25, 0.3) is 0 Å². The van der Waals surface area contributed by atoms with Gasteiger partial charge in [-0.3, -0.25) is 4.57 Å². The normalized spacial score (nSPS) is 11.1. The molecule has 6 heteroatoms. The molecule has 0 amide bonds. The summed E-state index contributed by atoms with van der Waals surface area (Å²) in [5.41, 5.74) is 0.292. The predicted molar refractivity (Wildman–Crippen MR) is 63.8 cm³/mol. The average molecular weight is 264 g/mol. The van der Waals surface area contributed by atoms with Crippen molar-refractivity contribution in [2.24, 2.45) is 0 Å². The van der Waals surface area contributed by atoms with Crippen LogP contribution in [0.2, 0.25) is 0 Å². The molecule has 0 spiro atoms. The summed E-state index contributed by atoms with van der Waals surface area (Å²) in [7, 11) is 0. The van der Waals surface area contributed by atoms with Crippen LogP contribution in [0.4, 0.5) is 13.2 Å². The van der Waals surface area contributed by atoms with Crippen LogP contribution in [0.15, 0.2) is 41.2 Å². The van der Waals surface area contributed by atoms with Gasteiger partial charge in [0, 0.05) is 6.07 Å². The molecule has 0 fully saturated rings. The first-order valence-electron chi connectivity index (χ1n) is 5.42. The number of aromatic amines is 1. The topological polar surface area (TPSA) is 37.8 Å². The molecular weight excluding hydrogens is 257 g/mol. The third kappa shape index (κ3) is 1.81. The van der Waals surface area contributed by atoms with Gasteiger partial charge in [0.15, 0.2) is 11.6 Å². The lowest BCUT2D eigenvalue weighted by Gasteiger charge is -2.03. The second-order valence-corrected chi connectivity index (χ2v) is 4.03.